The van der Waals surface area contributed by atoms with Gasteiger partial charge in [-0.05, 0) is 31.7 Å². The molecule has 1 unspecified atom stereocenters. The summed E-state index contributed by atoms with van der Waals surface area (Å²) in [6.45, 7) is 5.88. The molecule has 0 aliphatic carbocycles. The first-order chi connectivity index (χ1) is 7.07. The summed E-state index contributed by atoms with van der Waals surface area (Å²) in [7, 11) is 0. The molecule has 4 heteroatoms. The second kappa shape index (κ2) is 5.47. The Morgan fingerprint density at radius 2 is 2.33 bits per heavy atom. The van der Waals surface area contributed by atoms with Crippen LogP contribution in [0.15, 0.2) is 0 Å². The van der Waals surface area contributed by atoms with Crippen LogP contribution < -0.4 is 5.32 Å². The molecule has 0 amide bonds. The van der Waals surface area contributed by atoms with E-state index in [9.17, 15) is 9.90 Å². The highest BCUT2D eigenvalue weighted by molar-refractivity contribution is 5.79. The molecular weight excluding hydrogens is 194 g/mol. The van der Waals surface area contributed by atoms with Crippen molar-refractivity contribution in [3.05, 3.63) is 0 Å². The van der Waals surface area contributed by atoms with Crippen molar-refractivity contribution in [2.45, 2.75) is 38.6 Å². The smallest absolute Gasteiger partial charge is 0.326 e. The van der Waals surface area contributed by atoms with Crippen LogP contribution in [0, 0.1) is 5.92 Å². The molecule has 0 aromatic carbocycles. The van der Waals surface area contributed by atoms with E-state index in [4.69, 9.17) is 4.74 Å². The van der Waals surface area contributed by atoms with Crippen molar-refractivity contribution in [3.8, 4) is 0 Å². The Morgan fingerprint density at radius 1 is 1.60 bits per heavy atom. The molecule has 15 heavy (non-hydrogen) atoms. The van der Waals surface area contributed by atoms with E-state index in [0.29, 0.717) is 18.9 Å². The summed E-state index contributed by atoms with van der Waals surface area (Å²) in [6, 6.07) is 0. The summed E-state index contributed by atoms with van der Waals surface area (Å²) < 4.78 is 5.36. The van der Waals surface area contributed by atoms with Crippen LogP contribution in [0.5, 0.6) is 0 Å². The number of ether oxygens (including phenoxy) is 1. The third kappa shape index (κ3) is 3.47. The molecule has 0 aromatic rings. The zero-order chi connectivity index (χ0) is 11.3. The van der Waals surface area contributed by atoms with Gasteiger partial charge < -0.3 is 9.84 Å². The van der Waals surface area contributed by atoms with Crippen LogP contribution in [0.1, 0.15) is 33.1 Å². The monoisotopic (exact) mass is 215 g/mol. The van der Waals surface area contributed by atoms with Gasteiger partial charge in [0.25, 0.3) is 0 Å². The molecule has 1 saturated heterocycles. The van der Waals surface area contributed by atoms with E-state index in [-0.39, 0.29) is 6.61 Å². The van der Waals surface area contributed by atoms with Crippen molar-refractivity contribution in [1.82, 2.24) is 5.32 Å². The molecule has 1 aliphatic rings. The maximum absolute atomic E-state index is 11.3. The highest BCUT2D eigenvalue weighted by Crippen LogP contribution is 2.20. The van der Waals surface area contributed by atoms with E-state index < -0.39 is 11.5 Å². The number of hydrogen-bond acceptors (Lipinski definition) is 3. The second-order valence-corrected chi connectivity index (χ2v) is 4.65. The van der Waals surface area contributed by atoms with Crippen LogP contribution >= 0.6 is 0 Å². The van der Waals surface area contributed by atoms with Crippen molar-refractivity contribution in [2.24, 2.45) is 5.92 Å². The summed E-state index contributed by atoms with van der Waals surface area (Å²) in [5.74, 6) is -0.267. The van der Waals surface area contributed by atoms with Gasteiger partial charge in [0.1, 0.15) is 5.54 Å². The molecule has 0 radical (unpaired) electrons. The first kappa shape index (κ1) is 12.5. The predicted octanol–water partition coefficient (Wildman–Crippen LogP) is 1.26. The largest absolute Gasteiger partial charge is 0.480 e. The Balaban J connectivity index is 2.63. The summed E-state index contributed by atoms with van der Waals surface area (Å²) in [6.07, 6.45) is 2.43. The second-order valence-electron chi connectivity index (χ2n) is 4.65. The van der Waals surface area contributed by atoms with E-state index >= 15 is 0 Å². The zero-order valence-corrected chi connectivity index (χ0v) is 9.58. The molecular formula is C11H21NO3. The number of aliphatic carboxylic acids is 1. The molecule has 4 nitrogen and oxygen atoms in total. The molecule has 0 bridgehead atoms. The molecule has 1 atom stereocenters. The van der Waals surface area contributed by atoms with Gasteiger partial charge in [-0.3, -0.25) is 10.1 Å². The Kier molecular flexibility index (Phi) is 4.54. The van der Waals surface area contributed by atoms with Gasteiger partial charge in [0.2, 0.25) is 0 Å². The summed E-state index contributed by atoms with van der Waals surface area (Å²) >= 11 is 0. The van der Waals surface area contributed by atoms with Crippen molar-refractivity contribution >= 4 is 5.97 Å². The number of carbonyl (C=O) groups is 1. The fourth-order valence-electron chi connectivity index (χ4n) is 1.74. The quantitative estimate of drug-likeness (QED) is 0.741. The number of hydrogen-bond donors (Lipinski definition) is 2. The van der Waals surface area contributed by atoms with Crippen LogP contribution in [0.2, 0.25) is 0 Å². The van der Waals surface area contributed by atoms with Crippen LogP contribution in [0.25, 0.3) is 0 Å². The van der Waals surface area contributed by atoms with Gasteiger partial charge in [-0.25, -0.2) is 0 Å². The SMILES string of the molecule is CC(C)CCC1(C(=O)O)COCCCN1. The minimum absolute atomic E-state index is 0.287. The summed E-state index contributed by atoms with van der Waals surface area (Å²) in [5.41, 5.74) is -0.860. The molecule has 1 aliphatic heterocycles. The number of nitrogens with one attached hydrogen (secondary N) is 1. The van der Waals surface area contributed by atoms with E-state index in [1.807, 2.05) is 0 Å². The van der Waals surface area contributed by atoms with Gasteiger partial charge in [-0.15, -0.1) is 0 Å². The van der Waals surface area contributed by atoms with Gasteiger partial charge in [-0.1, -0.05) is 13.8 Å². The van der Waals surface area contributed by atoms with Crippen molar-refractivity contribution < 1.29 is 14.6 Å². The van der Waals surface area contributed by atoms with Crippen LogP contribution in [-0.2, 0) is 9.53 Å². The standard InChI is InChI=1S/C11H21NO3/c1-9(2)4-5-11(10(13)14)8-15-7-3-6-12-11/h9,12H,3-8H2,1-2H3,(H,13,14). The number of carboxylic acid groups (broad SMARTS) is 1. The molecule has 0 spiro atoms. The molecule has 2 N–H and O–H groups in total. The Hall–Kier alpha value is -0.610. The fraction of sp³-hybridized carbons (Fsp3) is 0.909. The van der Waals surface area contributed by atoms with E-state index in [1.54, 1.807) is 0 Å². The Morgan fingerprint density at radius 3 is 2.93 bits per heavy atom. The van der Waals surface area contributed by atoms with Gasteiger partial charge in [-0.2, -0.15) is 0 Å². The lowest BCUT2D eigenvalue weighted by Crippen LogP contribution is -2.54. The average molecular weight is 215 g/mol. The van der Waals surface area contributed by atoms with Crippen LogP contribution in [0.4, 0.5) is 0 Å². The fourth-order valence-corrected chi connectivity index (χ4v) is 1.74. The lowest BCUT2D eigenvalue weighted by Gasteiger charge is -2.29. The number of carboxylic acids is 1. The minimum atomic E-state index is -0.860. The summed E-state index contributed by atoms with van der Waals surface area (Å²) in [5, 5.41) is 12.4. The topological polar surface area (TPSA) is 58.6 Å². The van der Waals surface area contributed by atoms with Crippen LogP contribution in [-0.4, -0.2) is 36.4 Å². The lowest BCUT2D eigenvalue weighted by atomic mass is 9.91. The maximum Gasteiger partial charge on any atom is 0.326 e. The van der Waals surface area contributed by atoms with Crippen molar-refractivity contribution in [1.29, 1.82) is 0 Å². The maximum atomic E-state index is 11.3. The average Bonchev–Trinajstić information content (AvgIpc) is 2.40. The third-order valence-corrected chi connectivity index (χ3v) is 2.84. The Labute approximate surface area is 91.0 Å². The predicted molar refractivity (Wildman–Crippen MR) is 57.9 cm³/mol. The van der Waals surface area contributed by atoms with E-state index in [2.05, 4.69) is 19.2 Å². The first-order valence-electron chi connectivity index (χ1n) is 5.63. The Bertz CT molecular complexity index is 208. The van der Waals surface area contributed by atoms with Crippen molar-refractivity contribution in [2.75, 3.05) is 19.8 Å². The molecule has 88 valence electrons. The molecule has 0 aromatic heterocycles. The number of rotatable bonds is 4. The lowest BCUT2D eigenvalue weighted by molar-refractivity contribution is -0.147. The van der Waals surface area contributed by atoms with E-state index in [1.165, 1.54) is 0 Å². The molecule has 0 saturated carbocycles. The van der Waals surface area contributed by atoms with Gasteiger partial charge in [0, 0.05) is 6.61 Å². The highest BCUT2D eigenvalue weighted by Gasteiger charge is 2.39. The minimum Gasteiger partial charge on any atom is -0.480 e. The van der Waals surface area contributed by atoms with Crippen LogP contribution in [0.3, 0.4) is 0 Å². The van der Waals surface area contributed by atoms with Gasteiger partial charge in [0.15, 0.2) is 0 Å². The molecule has 1 heterocycles. The van der Waals surface area contributed by atoms with Gasteiger partial charge >= 0.3 is 5.97 Å². The first-order valence-corrected chi connectivity index (χ1v) is 5.63. The van der Waals surface area contributed by atoms with Crippen molar-refractivity contribution in [3.63, 3.8) is 0 Å². The highest BCUT2D eigenvalue weighted by atomic mass is 16.5. The van der Waals surface area contributed by atoms with E-state index in [0.717, 1.165) is 19.4 Å². The molecule has 1 rings (SSSR count). The molecule has 1 fully saturated rings. The normalized spacial score (nSPS) is 27.7. The third-order valence-electron chi connectivity index (χ3n) is 2.84. The summed E-state index contributed by atoms with van der Waals surface area (Å²) in [4.78, 5) is 11.3. The van der Waals surface area contributed by atoms with Gasteiger partial charge in [0.05, 0.1) is 6.61 Å². The zero-order valence-electron chi connectivity index (χ0n) is 9.58.